The summed E-state index contributed by atoms with van der Waals surface area (Å²) in [6.07, 6.45) is 0.800. The average Bonchev–Trinajstić information content (AvgIpc) is 3.38. The molecule has 0 unspecified atom stereocenters. The van der Waals surface area contributed by atoms with Crippen LogP contribution in [-0.2, 0) is 4.79 Å². The normalized spacial score (nSPS) is 18.0. The molecule has 2 aliphatic rings. The summed E-state index contributed by atoms with van der Waals surface area (Å²) in [7, 11) is 0. The Hall–Kier alpha value is -3.95. The molecule has 3 aromatic rings. The standard InChI is InChI=1S/C21H20N6O4/c28-20(15-4-3-5-16(12-15)27-14-22-23-24-27)25-8-10-26(11-9-25)21(29)19-13-30-17-6-1-2-7-18(17)31-19/h1-7,12,14,19H,8-11,13H2/t19-/m0/s1. The number of amides is 2. The lowest BCUT2D eigenvalue weighted by Crippen LogP contribution is -2.55. The Kier molecular flexibility index (Phi) is 4.95. The molecule has 2 aromatic carbocycles. The van der Waals surface area contributed by atoms with Crippen LogP contribution in [-0.4, -0.2) is 80.7 Å². The molecule has 0 aliphatic carbocycles. The van der Waals surface area contributed by atoms with Crippen LogP contribution >= 0.6 is 0 Å². The van der Waals surface area contributed by atoms with Gasteiger partial charge in [-0.05, 0) is 40.8 Å². The highest BCUT2D eigenvalue weighted by atomic mass is 16.6. The smallest absolute Gasteiger partial charge is 0.267 e. The van der Waals surface area contributed by atoms with Gasteiger partial charge in [-0.15, -0.1) is 5.10 Å². The number of ether oxygens (including phenoxy) is 2. The minimum absolute atomic E-state index is 0.0896. The fraction of sp³-hybridized carbons (Fsp3) is 0.286. The predicted octanol–water partition coefficient (Wildman–Crippen LogP) is 0.787. The fourth-order valence-electron chi connectivity index (χ4n) is 3.72. The highest BCUT2D eigenvalue weighted by Gasteiger charge is 2.33. The second-order valence-electron chi connectivity index (χ2n) is 7.29. The molecular formula is C21H20N6O4. The first-order valence-electron chi connectivity index (χ1n) is 9.99. The van der Waals surface area contributed by atoms with Gasteiger partial charge in [-0.2, -0.15) is 0 Å². The topological polar surface area (TPSA) is 103 Å². The monoisotopic (exact) mass is 420 g/mol. The number of nitrogens with zero attached hydrogens (tertiary/aromatic N) is 6. The zero-order chi connectivity index (χ0) is 21.2. The summed E-state index contributed by atoms with van der Waals surface area (Å²) in [4.78, 5) is 29.3. The first-order valence-corrected chi connectivity index (χ1v) is 9.99. The zero-order valence-corrected chi connectivity index (χ0v) is 16.6. The third-order valence-corrected chi connectivity index (χ3v) is 5.37. The number of tetrazole rings is 1. The molecule has 158 valence electrons. The lowest BCUT2D eigenvalue weighted by molar-refractivity contribution is -0.142. The number of rotatable bonds is 3. The van der Waals surface area contributed by atoms with Crippen LogP contribution in [0.1, 0.15) is 10.4 Å². The number of hydrogen-bond donors (Lipinski definition) is 0. The molecule has 31 heavy (non-hydrogen) atoms. The molecule has 0 bridgehead atoms. The van der Waals surface area contributed by atoms with Crippen molar-refractivity contribution >= 4 is 11.8 Å². The second kappa shape index (κ2) is 8.05. The molecule has 0 radical (unpaired) electrons. The summed E-state index contributed by atoms with van der Waals surface area (Å²) in [5.41, 5.74) is 1.26. The Morgan fingerprint density at radius 2 is 1.71 bits per heavy atom. The van der Waals surface area contributed by atoms with Crippen molar-refractivity contribution in [2.75, 3.05) is 32.8 Å². The maximum Gasteiger partial charge on any atom is 0.267 e. The van der Waals surface area contributed by atoms with E-state index in [9.17, 15) is 9.59 Å². The van der Waals surface area contributed by atoms with Gasteiger partial charge in [0.1, 0.15) is 12.9 Å². The zero-order valence-electron chi connectivity index (χ0n) is 16.6. The van der Waals surface area contributed by atoms with Crippen molar-refractivity contribution < 1.29 is 19.1 Å². The first-order chi connectivity index (χ1) is 15.2. The Labute approximate surface area is 178 Å². The first kappa shape index (κ1) is 19.0. The maximum atomic E-state index is 13.0. The van der Waals surface area contributed by atoms with Gasteiger partial charge in [0, 0.05) is 31.7 Å². The van der Waals surface area contributed by atoms with Crippen LogP contribution in [0.3, 0.4) is 0 Å². The van der Waals surface area contributed by atoms with Gasteiger partial charge in [0.2, 0.25) is 6.10 Å². The molecule has 0 N–H and O–H groups in total. The molecule has 3 heterocycles. The van der Waals surface area contributed by atoms with E-state index in [1.807, 2.05) is 24.3 Å². The minimum Gasteiger partial charge on any atom is -0.485 e. The highest BCUT2D eigenvalue weighted by Crippen LogP contribution is 2.31. The Morgan fingerprint density at radius 3 is 2.48 bits per heavy atom. The molecule has 0 saturated carbocycles. The van der Waals surface area contributed by atoms with Gasteiger partial charge in [0.05, 0.1) is 5.69 Å². The quantitative estimate of drug-likeness (QED) is 0.617. The van der Waals surface area contributed by atoms with E-state index in [-0.39, 0.29) is 18.4 Å². The summed E-state index contributed by atoms with van der Waals surface area (Å²) in [6.45, 7) is 1.96. The lowest BCUT2D eigenvalue weighted by Gasteiger charge is -2.37. The SMILES string of the molecule is O=C(c1cccc(-n2cnnn2)c1)N1CCN(C(=O)[C@@H]2COc3ccccc3O2)CC1. The number of carbonyl (C=O) groups is 2. The van der Waals surface area contributed by atoms with Crippen molar-refractivity contribution in [2.24, 2.45) is 0 Å². The van der Waals surface area contributed by atoms with E-state index >= 15 is 0 Å². The summed E-state index contributed by atoms with van der Waals surface area (Å²) in [5, 5.41) is 11.1. The number of aromatic nitrogens is 4. The van der Waals surface area contributed by atoms with Crippen LogP contribution in [0.5, 0.6) is 11.5 Å². The van der Waals surface area contributed by atoms with Crippen molar-refractivity contribution in [3.05, 3.63) is 60.4 Å². The Bertz CT molecular complexity index is 1090. The molecule has 1 fully saturated rings. The van der Waals surface area contributed by atoms with Crippen LogP contribution in [0, 0.1) is 0 Å². The molecule has 5 rings (SSSR count). The molecule has 10 nitrogen and oxygen atoms in total. The van der Waals surface area contributed by atoms with Gasteiger partial charge in [-0.25, -0.2) is 4.68 Å². The molecular weight excluding hydrogens is 400 g/mol. The van der Waals surface area contributed by atoms with Crippen LogP contribution in [0.4, 0.5) is 0 Å². The number of fused-ring (bicyclic) bond motifs is 1. The third kappa shape index (κ3) is 3.79. The largest absolute Gasteiger partial charge is 0.485 e. The van der Waals surface area contributed by atoms with E-state index in [1.54, 1.807) is 34.1 Å². The fourth-order valence-corrected chi connectivity index (χ4v) is 3.72. The van der Waals surface area contributed by atoms with Crippen LogP contribution in [0.25, 0.3) is 5.69 Å². The van der Waals surface area contributed by atoms with Gasteiger partial charge in [-0.1, -0.05) is 18.2 Å². The number of carbonyl (C=O) groups excluding carboxylic acids is 2. The van der Waals surface area contributed by atoms with Crippen molar-refractivity contribution in [3.8, 4) is 17.2 Å². The third-order valence-electron chi connectivity index (χ3n) is 5.37. The lowest BCUT2D eigenvalue weighted by atomic mass is 10.1. The van der Waals surface area contributed by atoms with E-state index in [1.165, 1.54) is 11.0 Å². The molecule has 1 saturated heterocycles. The predicted molar refractivity (Wildman–Crippen MR) is 108 cm³/mol. The van der Waals surface area contributed by atoms with Gasteiger partial charge < -0.3 is 19.3 Å². The molecule has 2 aliphatic heterocycles. The van der Waals surface area contributed by atoms with Crippen molar-refractivity contribution in [3.63, 3.8) is 0 Å². The molecule has 0 spiro atoms. The number of hydrogen-bond acceptors (Lipinski definition) is 7. The van der Waals surface area contributed by atoms with Crippen LogP contribution < -0.4 is 9.47 Å². The van der Waals surface area contributed by atoms with Gasteiger partial charge in [-0.3, -0.25) is 9.59 Å². The van der Waals surface area contributed by atoms with Crippen molar-refractivity contribution in [2.45, 2.75) is 6.10 Å². The van der Waals surface area contributed by atoms with E-state index < -0.39 is 6.10 Å². The summed E-state index contributed by atoms with van der Waals surface area (Å²) in [6, 6.07) is 14.4. The van der Waals surface area contributed by atoms with Gasteiger partial charge >= 0.3 is 0 Å². The van der Waals surface area contributed by atoms with Crippen LogP contribution in [0.2, 0.25) is 0 Å². The van der Waals surface area contributed by atoms with Crippen molar-refractivity contribution in [1.29, 1.82) is 0 Å². The van der Waals surface area contributed by atoms with E-state index in [2.05, 4.69) is 15.5 Å². The summed E-state index contributed by atoms with van der Waals surface area (Å²) < 4.78 is 13.0. The van der Waals surface area contributed by atoms with Crippen LogP contribution in [0.15, 0.2) is 54.9 Å². The summed E-state index contributed by atoms with van der Waals surface area (Å²) >= 11 is 0. The van der Waals surface area contributed by atoms with E-state index in [0.29, 0.717) is 48.9 Å². The van der Waals surface area contributed by atoms with Gasteiger partial charge in [0.15, 0.2) is 11.5 Å². The maximum absolute atomic E-state index is 13.0. The average molecular weight is 420 g/mol. The minimum atomic E-state index is -0.676. The summed E-state index contributed by atoms with van der Waals surface area (Å²) in [5.74, 6) is 1.00. The molecule has 1 atom stereocenters. The number of benzene rings is 2. The molecule has 10 heteroatoms. The van der Waals surface area contributed by atoms with E-state index in [4.69, 9.17) is 9.47 Å². The number of para-hydroxylation sites is 2. The van der Waals surface area contributed by atoms with Gasteiger partial charge in [0.25, 0.3) is 11.8 Å². The molecule has 2 amide bonds. The Morgan fingerprint density at radius 1 is 0.935 bits per heavy atom. The second-order valence-corrected chi connectivity index (χ2v) is 7.29. The van der Waals surface area contributed by atoms with Crippen molar-refractivity contribution in [1.82, 2.24) is 30.0 Å². The Balaban J connectivity index is 1.20. The molecule has 1 aromatic heterocycles. The number of piperazine rings is 1. The van der Waals surface area contributed by atoms with E-state index in [0.717, 1.165) is 0 Å². The highest BCUT2D eigenvalue weighted by molar-refractivity contribution is 5.95.